The van der Waals surface area contributed by atoms with Gasteiger partial charge in [-0.05, 0) is 41.6 Å². The van der Waals surface area contributed by atoms with E-state index >= 15 is 0 Å². The summed E-state index contributed by atoms with van der Waals surface area (Å²) in [5.74, 6) is 0.626. The summed E-state index contributed by atoms with van der Waals surface area (Å²) in [7, 11) is 0. The van der Waals surface area contributed by atoms with Gasteiger partial charge >= 0.3 is 0 Å². The summed E-state index contributed by atoms with van der Waals surface area (Å²) in [6.07, 6.45) is 4.09. The quantitative estimate of drug-likeness (QED) is 0.582. The lowest BCUT2D eigenvalue weighted by Crippen LogP contribution is -2.25. The molecule has 1 aliphatic carbocycles. The molecule has 2 rings (SSSR count). The van der Waals surface area contributed by atoms with E-state index in [1.165, 1.54) is 17.5 Å². The molecule has 0 unspecified atom stereocenters. The van der Waals surface area contributed by atoms with Crippen molar-refractivity contribution in [1.29, 1.82) is 0 Å². The van der Waals surface area contributed by atoms with Gasteiger partial charge in [-0.25, -0.2) is 4.68 Å². The van der Waals surface area contributed by atoms with Crippen molar-refractivity contribution in [3.05, 3.63) is 33.2 Å². The number of nitrogens with zero attached hydrogens (tertiary/aromatic N) is 2. The number of hydrogen-bond acceptors (Lipinski definition) is 4. The number of aromatic nitrogens is 2. The fourth-order valence-corrected chi connectivity index (χ4v) is 2.21. The van der Waals surface area contributed by atoms with Crippen LogP contribution in [0.5, 0.6) is 0 Å². The van der Waals surface area contributed by atoms with E-state index in [4.69, 9.17) is 4.74 Å². The average Bonchev–Trinajstić information content (AvgIpc) is 3.21. The number of ether oxygens (including phenoxy) is 1. The molecule has 0 saturated heterocycles. The van der Waals surface area contributed by atoms with Crippen LogP contribution in [0.2, 0.25) is 0 Å². The maximum atomic E-state index is 12.1. The van der Waals surface area contributed by atoms with Gasteiger partial charge in [-0.3, -0.25) is 4.79 Å². The number of rotatable bonds is 8. The van der Waals surface area contributed by atoms with E-state index in [1.807, 2.05) is 6.92 Å². The minimum Gasteiger partial charge on any atom is -0.380 e. The third-order valence-electron chi connectivity index (χ3n) is 3.02. The molecule has 0 bridgehead atoms. The van der Waals surface area contributed by atoms with Gasteiger partial charge in [-0.15, -0.1) is 0 Å². The highest BCUT2D eigenvalue weighted by atomic mass is 79.9. The van der Waals surface area contributed by atoms with Crippen LogP contribution in [0.15, 0.2) is 27.6 Å². The first-order chi connectivity index (χ1) is 9.58. The molecule has 1 saturated carbocycles. The first-order valence-electron chi connectivity index (χ1n) is 6.79. The van der Waals surface area contributed by atoms with Gasteiger partial charge in [0.25, 0.3) is 5.56 Å². The lowest BCUT2D eigenvalue weighted by atomic mass is 10.4. The van der Waals surface area contributed by atoms with Gasteiger partial charge < -0.3 is 10.1 Å². The van der Waals surface area contributed by atoms with E-state index in [9.17, 15) is 4.79 Å². The van der Waals surface area contributed by atoms with Crippen molar-refractivity contribution in [2.75, 3.05) is 25.1 Å². The molecule has 1 N–H and O–H groups in total. The summed E-state index contributed by atoms with van der Waals surface area (Å²) in [5.41, 5.74) is 1.63. The van der Waals surface area contributed by atoms with Gasteiger partial charge in [-0.2, -0.15) is 5.10 Å². The Labute approximate surface area is 127 Å². The minimum absolute atomic E-state index is 0.0789. The van der Waals surface area contributed by atoms with E-state index in [2.05, 4.69) is 32.9 Å². The molecule has 5 nitrogen and oxygen atoms in total. The van der Waals surface area contributed by atoms with Crippen molar-refractivity contribution in [3.8, 4) is 0 Å². The highest BCUT2D eigenvalue weighted by Crippen LogP contribution is 2.30. The number of halogens is 1. The van der Waals surface area contributed by atoms with Crippen molar-refractivity contribution in [2.45, 2.75) is 26.3 Å². The van der Waals surface area contributed by atoms with E-state index in [0.29, 0.717) is 35.8 Å². The van der Waals surface area contributed by atoms with Crippen molar-refractivity contribution < 1.29 is 4.74 Å². The zero-order chi connectivity index (χ0) is 14.5. The topological polar surface area (TPSA) is 56.1 Å². The van der Waals surface area contributed by atoms with Crippen LogP contribution >= 0.6 is 15.9 Å². The monoisotopic (exact) mass is 341 g/mol. The van der Waals surface area contributed by atoms with Crippen LogP contribution < -0.4 is 10.9 Å². The summed E-state index contributed by atoms with van der Waals surface area (Å²) in [5, 5.41) is 7.35. The summed E-state index contributed by atoms with van der Waals surface area (Å²) < 4.78 is 7.46. The molecule has 1 fully saturated rings. The average molecular weight is 342 g/mol. The van der Waals surface area contributed by atoms with Crippen LogP contribution in [0.25, 0.3) is 0 Å². The summed E-state index contributed by atoms with van der Waals surface area (Å²) >= 11 is 3.34. The van der Waals surface area contributed by atoms with Crippen molar-refractivity contribution in [3.63, 3.8) is 0 Å². The van der Waals surface area contributed by atoms with Gasteiger partial charge in [0.2, 0.25) is 0 Å². The van der Waals surface area contributed by atoms with Crippen LogP contribution in [0.3, 0.4) is 0 Å². The molecular formula is C14H20BrN3O2. The lowest BCUT2D eigenvalue weighted by molar-refractivity contribution is 0.167. The Morgan fingerprint density at radius 2 is 2.40 bits per heavy atom. The molecule has 6 heteroatoms. The Morgan fingerprint density at radius 3 is 3.05 bits per heavy atom. The second-order valence-electron chi connectivity index (χ2n) is 5.24. The standard InChI is InChI=1S/C14H20BrN3O2/c1-10(2)9-20-6-5-16-12-7-17-18(8-11-3-4-11)14(19)13(12)15/h7,11,16H,1,3-6,8-9H2,2H3. The first-order valence-corrected chi connectivity index (χ1v) is 7.59. The predicted molar refractivity (Wildman–Crippen MR) is 83.0 cm³/mol. The molecule has 110 valence electrons. The molecule has 0 spiro atoms. The molecule has 0 atom stereocenters. The third kappa shape index (κ3) is 4.45. The maximum absolute atomic E-state index is 12.1. The van der Waals surface area contributed by atoms with Gasteiger partial charge in [0.1, 0.15) is 4.47 Å². The molecule has 20 heavy (non-hydrogen) atoms. The molecule has 0 radical (unpaired) electrons. The summed E-state index contributed by atoms with van der Waals surface area (Å²) in [6, 6.07) is 0. The second-order valence-corrected chi connectivity index (χ2v) is 6.03. The predicted octanol–water partition coefficient (Wildman–Crippen LogP) is 2.42. The van der Waals surface area contributed by atoms with E-state index < -0.39 is 0 Å². The normalized spacial score (nSPS) is 14.3. The van der Waals surface area contributed by atoms with E-state index in [1.54, 1.807) is 6.20 Å². The summed E-state index contributed by atoms with van der Waals surface area (Å²) in [4.78, 5) is 12.1. The molecule has 1 heterocycles. The van der Waals surface area contributed by atoms with Crippen LogP contribution in [0.4, 0.5) is 5.69 Å². The fourth-order valence-electron chi connectivity index (χ4n) is 1.77. The Bertz CT molecular complexity index is 538. The Kier molecular flexibility index (Phi) is 5.37. The van der Waals surface area contributed by atoms with Crippen LogP contribution in [0.1, 0.15) is 19.8 Å². The molecule has 0 amide bonds. The fraction of sp³-hybridized carbons (Fsp3) is 0.571. The second kappa shape index (κ2) is 7.04. The Morgan fingerprint density at radius 1 is 1.65 bits per heavy atom. The number of anilines is 1. The van der Waals surface area contributed by atoms with Gasteiger partial charge in [0, 0.05) is 13.1 Å². The van der Waals surface area contributed by atoms with E-state index in [0.717, 1.165) is 12.1 Å². The smallest absolute Gasteiger partial charge is 0.283 e. The molecule has 0 aliphatic heterocycles. The zero-order valence-electron chi connectivity index (χ0n) is 11.7. The van der Waals surface area contributed by atoms with Crippen molar-refractivity contribution in [2.24, 2.45) is 5.92 Å². The molecule has 1 aromatic rings. The third-order valence-corrected chi connectivity index (χ3v) is 3.79. The van der Waals surface area contributed by atoms with Crippen molar-refractivity contribution >= 4 is 21.6 Å². The van der Waals surface area contributed by atoms with Gasteiger partial charge in [0.15, 0.2) is 0 Å². The zero-order valence-corrected chi connectivity index (χ0v) is 13.3. The lowest BCUT2D eigenvalue weighted by Gasteiger charge is -2.10. The molecule has 1 aromatic heterocycles. The first kappa shape index (κ1) is 15.3. The van der Waals surface area contributed by atoms with Crippen LogP contribution in [0, 0.1) is 5.92 Å². The van der Waals surface area contributed by atoms with Crippen LogP contribution in [-0.4, -0.2) is 29.5 Å². The van der Waals surface area contributed by atoms with Gasteiger partial charge in [-0.1, -0.05) is 12.2 Å². The SMILES string of the molecule is C=C(C)COCCNc1cnn(CC2CC2)c(=O)c1Br. The number of hydrogen-bond donors (Lipinski definition) is 1. The minimum atomic E-state index is -0.0789. The maximum Gasteiger partial charge on any atom is 0.283 e. The van der Waals surface area contributed by atoms with Gasteiger partial charge in [0.05, 0.1) is 25.1 Å². The summed E-state index contributed by atoms with van der Waals surface area (Å²) in [6.45, 7) is 8.16. The Balaban J connectivity index is 1.86. The van der Waals surface area contributed by atoms with Crippen molar-refractivity contribution in [1.82, 2.24) is 9.78 Å². The van der Waals surface area contributed by atoms with Crippen LogP contribution in [-0.2, 0) is 11.3 Å². The molecule has 0 aromatic carbocycles. The molecule has 1 aliphatic rings. The molecular weight excluding hydrogens is 322 g/mol. The number of nitrogens with one attached hydrogen (secondary N) is 1. The Hall–Kier alpha value is -1.14. The highest BCUT2D eigenvalue weighted by molar-refractivity contribution is 9.10. The van der Waals surface area contributed by atoms with E-state index in [-0.39, 0.29) is 5.56 Å². The highest BCUT2D eigenvalue weighted by Gasteiger charge is 2.23. The largest absolute Gasteiger partial charge is 0.380 e.